The largest absolute Gasteiger partial charge is 0.573 e. The smallest absolute Gasteiger partial charge is 0.491 e. The van der Waals surface area contributed by atoms with Crippen LogP contribution < -0.4 is 19.5 Å². The summed E-state index contributed by atoms with van der Waals surface area (Å²) in [5.41, 5.74) is 0.936. The molecule has 0 radical (unpaired) electrons. The van der Waals surface area contributed by atoms with E-state index in [1.807, 2.05) is 13.8 Å². The number of thiophene rings is 1. The highest BCUT2D eigenvalue weighted by molar-refractivity contribution is 7.90. The summed E-state index contributed by atoms with van der Waals surface area (Å²) in [7, 11) is -3.76. The minimum atomic E-state index is -4.89. The Morgan fingerprint density at radius 3 is 2.32 bits per heavy atom. The van der Waals surface area contributed by atoms with E-state index in [1.165, 1.54) is 27.8 Å². The van der Waals surface area contributed by atoms with E-state index in [-0.39, 0.29) is 24.9 Å². The molecule has 1 amide bonds. The van der Waals surface area contributed by atoms with Gasteiger partial charge in [0.25, 0.3) is 5.91 Å². The molecule has 252 valence electrons. The van der Waals surface area contributed by atoms with Crippen LogP contribution in [-0.2, 0) is 20.4 Å². The van der Waals surface area contributed by atoms with Crippen LogP contribution in [-0.4, -0.2) is 57.4 Å². The van der Waals surface area contributed by atoms with Crippen LogP contribution in [0.4, 0.5) is 24.5 Å². The Morgan fingerprint density at radius 2 is 1.64 bits per heavy atom. The van der Waals surface area contributed by atoms with Gasteiger partial charge in [0.15, 0.2) is 0 Å². The first-order chi connectivity index (χ1) is 22.0. The second kappa shape index (κ2) is 13.5. The lowest BCUT2D eigenvalue weighted by molar-refractivity contribution is -0.274. The third kappa shape index (κ3) is 8.68. The van der Waals surface area contributed by atoms with E-state index in [2.05, 4.69) is 14.8 Å². The molecule has 1 aliphatic heterocycles. The Labute approximate surface area is 279 Å². The molecule has 9 nitrogen and oxygen atoms in total. The molecule has 1 aliphatic rings. The average Bonchev–Trinajstić information content (AvgIpc) is 3.39. The molecule has 1 fully saturated rings. The molecular weight excluding hydrogens is 679 g/mol. The Hall–Kier alpha value is -3.56. The second-order valence-electron chi connectivity index (χ2n) is 11.7. The molecular formula is C32H33ClF3N3O6S2. The molecule has 0 unspecified atom stereocenters. The summed E-state index contributed by atoms with van der Waals surface area (Å²) in [6, 6.07) is 15.8. The fourth-order valence-corrected chi connectivity index (χ4v) is 7.42. The number of carbonyl (C=O) groups is 1. The monoisotopic (exact) mass is 711 g/mol. The van der Waals surface area contributed by atoms with Gasteiger partial charge in [0.05, 0.1) is 29.9 Å². The Kier molecular flexibility index (Phi) is 10.00. The maximum Gasteiger partial charge on any atom is 0.573 e. The summed E-state index contributed by atoms with van der Waals surface area (Å²) in [5.74, 6) is -0.626. The number of hydrogen-bond acceptors (Lipinski definition) is 7. The molecule has 15 heteroatoms. The fraction of sp³-hybridized carbons (Fsp3) is 0.344. The van der Waals surface area contributed by atoms with Crippen molar-refractivity contribution in [2.45, 2.75) is 45.6 Å². The van der Waals surface area contributed by atoms with Gasteiger partial charge in [-0.2, -0.15) is 12.7 Å². The first-order valence-corrected chi connectivity index (χ1v) is 17.2. The molecule has 5 rings (SSSR count). The summed E-state index contributed by atoms with van der Waals surface area (Å²) in [5, 5.41) is 3.84. The number of carbonyl (C=O) groups excluding carboxylic acids is 1. The van der Waals surface area contributed by atoms with E-state index in [9.17, 15) is 26.4 Å². The molecule has 1 saturated heterocycles. The number of hydrogen-bond donors (Lipinski definition) is 2. The lowest BCUT2D eigenvalue weighted by Crippen LogP contribution is -2.43. The number of rotatable bonds is 10. The predicted molar refractivity (Wildman–Crippen MR) is 177 cm³/mol. The van der Waals surface area contributed by atoms with Gasteiger partial charge in [0, 0.05) is 40.0 Å². The topological polar surface area (TPSA) is 106 Å². The van der Waals surface area contributed by atoms with Crippen LogP contribution in [0.3, 0.4) is 0 Å². The number of nitrogens with one attached hydrogen (secondary N) is 2. The summed E-state index contributed by atoms with van der Waals surface area (Å²) in [6.07, 6.45) is -5.18. The Balaban J connectivity index is 1.38. The fourth-order valence-electron chi connectivity index (χ4n) is 5.07. The first-order valence-electron chi connectivity index (χ1n) is 14.6. The minimum Gasteiger partial charge on any atom is -0.491 e. The van der Waals surface area contributed by atoms with Crippen molar-refractivity contribution in [3.05, 3.63) is 81.7 Å². The summed E-state index contributed by atoms with van der Waals surface area (Å²) in [4.78, 5) is 13.7. The van der Waals surface area contributed by atoms with Gasteiger partial charge in [-0.25, -0.2) is 0 Å². The summed E-state index contributed by atoms with van der Waals surface area (Å²) >= 11 is 7.70. The van der Waals surface area contributed by atoms with E-state index < -0.39 is 33.6 Å². The summed E-state index contributed by atoms with van der Waals surface area (Å²) < 4.78 is 84.8. The zero-order chi connectivity index (χ0) is 34.1. The van der Waals surface area contributed by atoms with E-state index >= 15 is 0 Å². The number of ether oxygens (including phenoxy) is 3. The number of benzene rings is 3. The van der Waals surface area contributed by atoms with Crippen LogP contribution in [0, 0.1) is 0 Å². The number of amides is 1. The zero-order valence-corrected chi connectivity index (χ0v) is 28.3. The normalized spacial score (nSPS) is 14.7. The third-order valence-corrected chi connectivity index (χ3v) is 10.3. The van der Waals surface area contributed by atoms with Gasteiger partial charge in [0.1, 0.15) is 11.5 Å². The molecule has 0 aliphatic carbocycles. The van der Waals surface area contributed by atoms with Crippen LogP contribution in [0.1, 0.15) is 48.5 Å². The van der Waals surface area contributed by atoms with Gasteiger partial charge < -0.3 is 19.5 Å². The molecule has 3 aromatic carbocycles. The molecule has 2 N–H and O–H groups in total. The number of nitrogens with zero attached hydrogens (tertiary/aromatic N) is 1. The average molecular weight is 712 g/mol. The lowest BCUT2D eigenvalue weighted by Gasteiger charge is -2.28. The first kappa shape index (κ1) is 34.8. The van der Waals surface area contributed by atoms with Gasteiger partial charge in [0.2, 0.25) is 0 Å². The van der Waals surface area contributed by atoms with Crippen LogP contribution in [0.2, 0.25) is 5.02 Å². The zero-order valence-electron chi connectivity index (χ0n) is 25.9. The molecule has 0 bridgehead atoms. The van der Waals surface area contributed by atoms with Crippen molar-refractivity contribution in [2.75, 3.05) is 36.3 Å². The van der Waals surface area contributed by atoms with Crippen LogP contribution in [0.5, 0.6) is 11.5 Å². The predicted octanol–water partition coefficient (Wildman–Crippen LogP) is 7.81. The lowest BCUT2D eigenvalue weighted by atomic mass is 9.78. The minimum absolute atomic E-state index is 0.210. The van der Waals surface area contributed by atoms with Crippen molar-refractivity contribution in [1.29, 1.82) is 0 Å². The highest BCUT2D eigenvalue weighted by Crippen LogP contribution is 2.40. The SMILES string of the molecule is CC(C)Oc1cc(OC(F)(F)F)cc(C(C)(C)c2cc(Cl)cc(NC(=O)c3cc4cc(NS(=O)(=O)N5CCOCC5)ccc4s3)c2)c1. The van der Waals surface area contributed by atoms with Crippen molar-refractivity contribution >= 4 is 60.5 Å². The van der Waals surface area contributed by atoms with Gasteiger partial charge in [-0.3, -0.25) is 9.52 Å². The number of halogens is 4. The van der Waals surface area contributed by atoms with Gasteiger partial charge in [-0.05, 0) is 85.0 Å². The number of fused-ring (bicyclic) bond motifs is 1. The molecule has 0 spiro atoms. The maximum atomic E-state index is 13.4. The van der Waals surface area contributed by atoms with E-state index in [0.717, 1.165) is 4.70 Å². The van der Waals surface area contributed by atoms with Gasteiger partial charge in [-0.15, -0.1) is 24.5 Å². The second-order valence-corrected chi connectivity index (χ2v) is 14.9. The van der Waals surface area contributed by atoms with Crippen molar-refractivity contribution in [3.8, 4) is 11.5 Å². The van der Waals surface area contributed by atoms with Crippen LogP contribution in [0.15, 0.2) is 60.7 Å². The molecule has 2 heterocycles. The van der Waals surface area contributed by atoms with Crippen molar-refractivity contribution in [2.24, 2.45) is 0 Å². The van der Waals surface area contributed by atoms with Crippen molar-refractivity contribution in [1.82, 2.24) is 4.31 Å². The van der Waals surface area contributed by atoms with E-state index in [1.54, 1.807) is 62.4 Å². The van der Waals surface area contributed by atoms with Crippen LogP contribution >= 0.6 is 22.9 Å². The Morgan fingerprint density at radius 1 is 0.957 bits per heavy atom. The molecule has 1 aromatic heterocycles. The highest BCUT2D eigenvalue weighted by atomic mass is 35.5. The van der Waals surface area contributed by atoms with Gasteiger partial charge in [-0.1, -0.05) is 25.4 Å². The molecule has 47 heavy (non-hydrogen) atoms. The number of anilines is 2. The Bertz CT molecular complexity index is 1890. The maximum absolute atomic E-state index is 13.4. The number of alkyl halides is 3. The highest BCUT2D eigenvalue weighted by Gasteiger charge is 2.33. The van der Waals surface area contributed by atoms with Crippen molar-refractivity contribution < 1.29 is 40.6 Å². The quantitative estimate of drug-likeness (QED) is 0.174. The molecule has 4 aromatic rings. The van der Waals surface area contributed by atoms with E-state index in [4.69, 9.17) is 21.1 Å². The summed E-state index contributed by atoms with van der Waals surface area (Å²) in [6.45, 7) is 8.32. The molecule has 0 atom stereocenters. The molecule has 0 saturated carbocycles. The van der Waals surface area contributed by atoms with Crippen LogP contribution in [0.25, 0.3) is 10.1 Å². The standard InChI is InChI=1S/C32H33ClF3N3O6S2/c1-19(2)44-26-15-22(16-27(18-26)45-32(34,35)36)31(3,4)21-13-23(33)17-25(14-21)37-30(40)29-12-20-11-24(5-6-28(20)46-29)38-47(41,42)39-7-9-43-10-8-39/h5-6,11-19,38H,7-10H2,1-4H3,(H,37,40). The van der Waals surface area contributed by atoms with Crippen molar-refractivity contribution in [3.63, 3.8) is 0 Å². The van der Waals surface area contributed by atoms with E-state index in [0.29, 0.717) is 51.0 Å². The third-order valence-electron chi connectivity index (χ3n) is 7.38. The van der Waals surface area contributed by atoms with Gasteiger partial charge >= 0.3 is 16.6 Å². The number of morpholine rings is 1.